The molecule has 0 aliphatic carbocycles. The molecule has 0 aromatic carbocycles. The second-order valence-corrected chi connectivity index (χ2v) is 7.06. The van der Waals surface area contributed by atoms with E-state index in [1.165, 1.54) is 0 Å². The number of hydrogen-bond donors (Lipinski definition) is 0. The average Bonchev–Trinajstić information content (AvgIpc) is 2.51. The lowest BCUT2D eigenvalue weighted by Crippen LogP contribution is -2.33. The summed E-state index contributed by atoms with van der Waals surface area (Å²) in [6.07, 6.45) is 0. The van der Waals surface area contributed by atoms with E-state index in [0.717, 1.165) is 39.3 Å². The Bertz CT molecular complexity index is 432. The van der Waals surface area contributed by atoms with E-state index in [1.807, 2.05) is 0 Å². The molecule has 0 spiro atoms. The van der Waals surface area contributed by atoms with Gasteiger partial charge in [-0.05, 0) is 41.5 Å². The Kier molecular flexibility index (Phi) is 9.59. The fourth-order valence-electron chi connectivity index (χ4n) is 2.21. The van der Waals surface area contributed by atoms with Gasteiger partial charge in [0.15, 0.2) is 0 Å². The lowest BCUT2D eigenvalue weighted by Gasteiger charge is -2.22. The third-order valence-electron chi connectivity index (χ3n) is 4.26. The van der Waals surface area contributed by atoms with Gasteiger partial charge in [0.05, 0.1) is 39.3 Å². The van der Waals surface area contributed by atoms with Gasteiger partial charge in [0.2, 0.25) is 0 Å². The molecule has 3 heteroatoms. The van der Waals surface area contributed by atoms with E-state index >= 15 is 0 Å². The van der Waals surface area contributed by atoms with Crippen molar-refractivity contribution in [3.8, 4) is 35.5 Å². The SMILES string of the molecule is CC(C)N1CC#CCN(C(C)C)CC#CCN(C(C)C)CC#CC1. The average molecular weight is 328 g/mol. The summed E-state index contributed by atoms with van der Waals surface area (Å²) in [6.45, 7) is 17.9. The summed E-state index contributed by atoms with van der Waals surface area (Å²) in [5.74, 6) is 19.8. The van der Waals surface area contributed by atoms with E-state index in [2.05, 4.69) is 91.8 Å². The quantitative estimate of drug-likeness (QED) is 0.736. The van der Waals surface area contributed by atoms with E-state index in [9.17, 15) is 0 Å². The smallest absolute Gasteiger partial charge is 0.0613 e. The van der Waals surface area contributed by atoms with Crippen LogP contribution in [0.15, 0.2) is 0 Å². The Morgan fingerprint density at radius 1 is 0.417 bits per heavy atom. The van der Waals surface area contributed by atoms with Crippen LogP contribution in [0, 0.1) is 35.5 Å². The molecule has 0 saturated heterocycles. The molecule has 0 aromatic rings. The molecule has 3 nitrogen and oxygen atoms in total. The maximum atomic E-state index is 3.31. The summed E-state index contributed by atoms with van der Waals surface area (Å²) >= 11 is 0. The van der Waals surface area contributed by atoms with Crippen LogP contribution in [-0.4, -0.2) is 72.1 Å². The van der Waals surface area contributed by atoms with E-state index < -0.39 is 0 Å². The van der Waals surface area contributed by atoms with Crippen LogP contribution in [0.3, 0.4) is 0 Å². The Labute approximate surface area is 149 Å². The van der Waals surface area contributed by atoms with Crippen LogP contribution in [-0.2, 0) is 0 Å². The number of nitrogens with zero attached hydrogens (tertiary/aromatic N) is 3. The highest BCUT2D eigenvalue weighted by molar-refractivity contribution is 5.11. The molecule has 0 fully saturated rings. The van der Waals surface area contributed by atoms with Gasteiger partial charge in [-0.25, -0.2) is 0 Å². The molecule has 0 saturated carbocycles. The Morgan fingerprint density at radius 2 is 0.583 bits per heavy atom. The van der Waals surface area contributed by atoms with E-state index in [0.29, 0.717) is 18.1 Å². The fraction of sp³-hybridized carbons (Fsp3) is 0.714. The first-order valence-corrected chi connectivity index (χ1v) is 9.01. The topological polar surface area (TPSA) is 9.72 Å². The van der Waals surface area contributed by atoms with Crippen LogP contribution in [0.25, 0.3) is 0 Å². The van der Waals surface area contributed by atoms with E-state index in [4.69, 9.17) is 0 Å². The predicted octanol–water partition coefficient (Wildman–Crippen LogP) is 2.14. The molecule has 0 N–H and O–H groups in total. The van der Waals surface area contributed by atoms with Crippen molar-refractivity contribution >= 4 is 0 Å². The number of hydrogen-bond acceptors (Lipinski definition) is 3. The zero-order valence-electron chi connectivity index (χ0n) is 16.3. The van der Waals surface area contributed by atoms with Gasteiger partial charge in [-0.3, -0.25) is 14.7 Å². The molecule has 0 radical (unpaired) electrons. The summed E-state index contributed by atoms with van der Waals surface area (Å²) in [4.78, 5) is 6.95. The second-order valence-electron chi connectivity index (χ2n) is 7.06. The first-order valence-electron chi connectivity index (χ1n) is 9.01. The molecule has 0 bridgehead atoms. The Balaban J connectivity index is 2.90. The van der Waals surface area contributed by atoms with Gasteiger partial charge < -0.3 is 0 Å². The molecule has 0 unspecified atom stereocenters. The summed E-state index contributed by atoms with van der Waals surface area (Å²) in [5, 5.41) is 0. The highest BCUT2D eigenvalue weighted by Crippen LogP contribution is 1.99. The molecule has 0 amide bonds. The molecule has 1 aliphatic rings. The lowest BCUT2D eigenvalue weighted by molar-refractivity contribution is 0.276. The van der Waals surface area contributed by atoms with Crippen molar-refractivity contribution in [3.63, 3.8) is 0 Å². The summed E-state index contributed by atoms with van der Waals surface area (Å²) < 4.78 is 0. The van der Waals surface area contributed by atoms with Gasteiger partial charge in [0.1, 0.15) is 0 Å². The standard InChI is InChI=1S/C21H33N3/c1-19(2)22-13-7-9-15-23(20(3)4)17-11-12-18-24(21(5)6)16-10-8-14-22/h19-21H,13-18H2,1-6H3. The minimum absolute atomic E-state index is 0.454. The van der Waals surface area contributed by atoms with Crippen LogP contribution >= 0.6 is 0 Å². The summed E-state index contributed by atoms with van der Waals surface area (Å²) in [5.41, 5.74) is 0. The molecule has 24 heavy (non-hydrogen) atoms. The van der Waals surface area contributed by atoms with Gasteiger partial charge in [-0.2, -0.15) is 0 Å². The van der Waals surface area contributed by atoms with Crippen LogP contribution in [0.4, 0.5) is 0 Å². The molecule has 1 rings (SSSR count). The van der Waals surface area contributed by atoms with Gasteiger partial charge >= 0.3 is 0 Å². The first kappa shape index (κ1) is 20.6. The largest absolute Gasteiger partial charge is 0.279 e. The van der Waals surface area contributed by atoms with E-state index in [1.54, 1.807) is 0 Å². The third kappa shape index (κ3) is 7.90. The van der Waals surface area contributed by atoms with Crippen LogP contribution in [0.2, 0.25) is 0 Å². The minimum Gasteiger partial charge on any atom is -0.279 e. The van der Waals surface area contributed by atoms with Crippen LogP contribution < -0.4 is 0 Å². The Morgan fingerprint density at radius 3 is 0.708 bits per heavy atom. The molecule has 132 valence electrons. The first-order chi connectivity index (χ1) is 11.4. The van der Waals surface area contributed by atoms with Gasteiger partial charge in [-0.15, -0.1) is 0 Å². The fourth-order valence-corrected chi connectivity index (χ4v) is 2.21. The van der Waals surface area contributed by atoms with Crippen molar-refractivity contribution in [2.45, 2.75) is 59.7 Å². The van der Waals surface area contributed by atoms with Crippen molar-refractivity contribution < 1.29 is 0 Å². The molecule has 0 atom stereocenters. The number of rotatable bonds is 3. The molecule has 0 aromatic heterocycles. The van der Waals surface area contributed by atoms with Crippen molar-refractivity contribution in [1.82, 2.24) is 14.7 Å². The molecule has 1 heterocycles. The maximum absolute atomic E-state index is 3.31. The van der Waals surface area contributed by atoms with Crippen molar-refractivity contribution in [2.75, 3.05) is 39.3 Å². The van der Waals surface area contributed by atoms with Crippen LogP contribution in [0.1, 0.15) is 41.5 Å². The zero-order valence-corrected chi connectivity index (χ0v) is 16.3. The monoisotopic (exact) mass is 327 g/mol. The van der Waals surface area contributed by atoms with E-state index in [-0.39, 0.29) is 0 Å². The maximum Gasteiger partial charge on any atom is 0.0613 e. The minimum atomic E-state index is 0.454. The van der Waals surface area contributed by atoms with Gasteiger partial charge in [0, 0.05) is 18.1 Å². The zero-order chi connectivity index (χ0) is 17.9. The van der Waals surface area contributed by atoms with Crippen LogP contribution in [0.5, 0.6) is 0 Å². The second kappa shape index (κ2) is 11.2. The molecular weight excluding hydrogens is 294 g/mol. The molecular formula is C21H33N3. The molecule has 1 aliphatic heterocycles. The highest BCUT2D eigenvalue weighted by atomic mass is 15.2. The normalized spacial score (nSPS) is 18.9. The van der Waals surface area contributed by atoms with Gasteiger partial charge in [0.25, 0.3) is 0 Å². The predicted molar refractivity (Wildman–Crippen MR) is 103 cm³/mol. The Hall–Kier alpha value is -1.44. The van der Waals surface area contributed by atoms with Crippen molar-refractivity contribution in [2.24, 2.45) is 0 Å². The highest BCUT2D eigenvalue weighted by Gasteiger charge is 2.09. The van der Waals surface area contributed by atoms with Crippen molar-refractivity contribution in [1.29, 1.82) is 0 Å². The summed E-state index contributed by atoms with van der Waals surface area (Å²) in [7, 11) is 0. The summed E-state index contributed by atoms with van der Waals surface area (Å²) in [6, 6.07) is 1.36. The lowest BCUT2D eigenvalue weighted by atomic mass is 10.3. The third-order valence-corrected chi connectivity index (χ3v) is 4.26. The van der Waals surface area contributed by atoms with Gasteiger partial charge in [-0.1, -0.05) is 35.5 Å². The van der Waals surface area contributed by atoms with Crippen molar-refractivity contribution in [3.05, 3.63) is 0 Å².